The Hall–Kier alpha value is -1.42. The predicted molar refractivity (Wildman–Crippen MR) is 73.2 cm³/mol. The van der Waals surface area contributed by atoms with Crippen molar-refractivity contribution in [1.29, 1.82) is 0 Å². The molecular weight excluding hydrogens is 252 g/mol. The Kier molecular flexibility index (Phi) is 5.28. The molecule has 0 saturated heterocycles. The molecule has 0 fully saturated rings. The van der Waals surface area contributed by atoms with E-state index in [2.05, 4.69) is 10.6 Å². The summed E-state index contributed by atoms with van der Waals surface area (Å²) < 4.78 is 5.44. The zero-order chi connectivity index (χ0) is 13.6. The van der Waals surface area contributed by atoms with Gasteiger partial charge in [-0.1, -0.05) is 11.6 Å². The molecule has 1 aromatic rings. The van der Waals surface area contributed by atoms with Crippen molar-refractivity contribution in [3.63, 3.8) is 0 Å². The van der Waals surface area contributed by atoms with Gasteiger partial charge in [0.15, 0.2) is 0 Å². The summed E-state index contributed by atoms with van der Waals surface area (Å²) in [7, 11) is 0. The Labute approximate surface area is 113 Å². The number of amides is 2. The van der Waals surface area contributed by atoms with Gasteiger partial charge in [-0.25, -0.2) is 4.79 Å². The largest absolute Gasteiger partial charge is 0.492 e. The standard InChI is InChI=1S/C13H19ClN2O2/c1-13(2,3)16-12(17)15-8-9-18-11-6-4-10(14)5-7-11/h4-7H,8-9H2,1-3H3,(H2,15,16,17). The van der Waals surface area contributed by atoms with Crippen molar-refractivity contribution in [2.75, 3.05) is 13.2 Å². The van der Waals surface area contributed by atoms with Gasteiger partial charge in [0.05, 0.1) is 6.54 Å². The van der Waals surface area contributed by atoms with Crippen LogP contribution >= 0.6 is 11.6 Å². The van der Waals surface area contributed by atoms with E-state index in [0.717, 1.165) is 5.75 Å². The number of benzene rings is 1. The quantitative estimate of drug-likeness (QED) is 0.827. The molecule has 0 aliphatic carbocycles. The molecule has 0 aromatic heterocycles. The fourth-order valence-electron chi connectivity index (χ4n) is 1.25. The van der Waals surface area contributed by atoms with E-state index in [0.29, 0.717) is 18.2 Å². The van der Waals surface area contributed by atoms with Crippen LogP contribution in [0, 0.1) is 0 Å². The van der Waals surface area contributed by atoms with Crippen molar-refractivity contribution >= 4 is 17.6 Å². The number of urea groups is 1. The van der Waals surface area contributed by atoms with E-state index >= 15 is 0 Å². The highest BCUT2D eigenvalue weighted by Gasteiger charge is 2.12. The molecule has 1 rings (SSSR count). The summed E-state index contributed by atoms with van der Waals surface area (Å²) in [6, 6.07) is 6.91. The van der Waals surface area contributed by atoms with E-state index in [4.69, 9.17) is 16.3 Å². The van der Waals surface area contributed by atoms with Crippen molar-refractivity contribution in [2.45, 2.75) is 26.3 Å². The number of carbonyl (C=O) groups excluding carboxylic acids is 1. The molecule has 0 unspecified atom stereocenters. The summed E-state index contributed by atoms with van der Waals surface area (Å²) in [4.78, 5) is 11.4. The van der Waals surface area contributed by atoms with E-state index in [-0.39, 0.29) is 11.6 Å². The highest BCUT2D eigenvalue weighted by atomic mass is 35.5. The van der Waals surface area contributed by atoms with Crippen LogP contribution in [0.25, 0.3) is 0 Å². The molecule has 100 valence electrons. The number of nitrogens with one attached hydrogen (secondary N) is 2. The third-order valence-corrected chi connectivity index (χ3v) is 2.21. The Morgan fingerprint density at radius 3 is 2.44 bits per heavy atom. The van der Waals surface area contributed by atoms with Crippen LogP contribution in [0.1, 0.15) is 20.8 Å². The third-order valence-electron chi connectivity index (χ3n) is 1.96. The third kappa shape index (κ3) is 6.35. The molecule has 0 heterocycles. The fraction of sp³-hybridized carbons (Fsp3) is 0.462. The van der Waals surface area contributed by atoms with Crippen molar-refractivity contribution in [1.82, 2.24) is 10.6 Å². The molecule has 0 atom stereocenters. The normalized spacial score (nSPS) is 10.9. The average Bonchev–Trinajstić information content (AvgIpc) is 2.24. The number of hydrogen-bond acceptors (Lipinski definition) is 2. The monoisotopic (exact) mass is 270 g/mol. The highest BCUT2D eigenvalue weighted by Crippen LogP contribution is 2.15. The van der Waals surface area contributed by atoms with Crippen molar-refractivity contribution in [3.8, 4) is 5.75 Å². The molecule has 1 aromatic carbocycles. The average molecular weight is 271 g/mol. The number of carbonyl (C=O) groups is 1. The lowest BCUT2D eigenvalue weighted by Gasteiger charge is -2.20. The van der Waals surface area contributed by atoms with Crippen molar-refractivity contribution in [3.05, 3.63) is 29.3 Å². The second-order valence-corrected chi connectivity index (χ2v) is 5.37. The highest BCUT2D eigenvalue weighted by molar-refractivity contribution is 6.30. The maximum Gasteiger partial charge on any atom is 0.315 e. The van der Waals surface area contributed by atoms with E-state index in [1.54, 1.807) is 24.3 Å². The molecule has 5 heteroatoms. The number of halogens is 1. The first kappa shape index (κ1) is 14.6. The van der Waals surface area contributed by atoms with Gasteiger partial charge in [-0.2, -0.15) is 0 Å². The van der Waals surface area contributed by atoms with Gasteiger partial charge in [0.25, 0.3) is 0 Å². The van der Waals surface area contributed by atoms with Gasteiger partial charge < -0.3 is 15.4 Å². The SMILES string of the molecule is CC(C)(C)NC(=O)NCCOc1ccc(Cl)cc1. The molecule has 0 aliphatic rings. The van der Waals surface area contributed by atoms with E-state index in [1.807, 2.05) is 20.8 Å². The first-order valence-corrected chi connectivity index (χ1v) is 6.19. The Bertz CT molecular complexity index is 385. The summed E-state index contributed by atoms with van der Waals surface area (Å²) >= 11 is 5.76. The molecular formula is C13H19ClN2O2. The van der Waals surface area contributed by atoms with Gasteiger partial charge in [-0.15, -0.1) is 0 Å². The van der Waals surface area contributed by atoms with Crippen LogP contribution in [0.3, 0.4) is 0 Å². The maximum atomic E-state index is 11.4. The zero-order valence-corrected chi connectivity index (χ0v) is 11.7. The molecule has 4 nitrogen and oxygen atoms in total. The first-order valence-electron chi connectivity index (χ1n) is 5.81. The van der Waals surface area contributed by atoms with Gasteiger partial charge in [0.2, 0.25) is 0 Å². The van der Waals surface area contributed by atoms with E-state index < -0.39 is 0 Å². The molecule has 0 aliphatic heterocycles. The molecule has 2 amide bonds. The summed E-state index contributed by atoms with van der Waals surface area (Å²) in [5.74, 6) is 0.734. The smallest absolute Gasteiger partial charge is 0.315 e. The predicted octanol–water partition coefficient (Wildman–Crippen LogP) is 2.82. The molecule has 18 heavy (non-hydrogen) atoms. The lowest BCUT2D eigenvalue weighted by Crippen LogP contribution is -2.47. The Morgan fingerprint density at radius 2 is 1.89 bits per heavy atom. The van der Waals surface area contributed by atoms with Gasteiger partial charge in [0, 0.05) is 10.6 Å². The van der Waals surface area contributed by atoms with E-state index in [1.165, 1.54) is 0 Å². The Morgan fingerprint density at radius 1 is 1.28 bits per heavy atom. The molecule has 0 spiro atoms. The second kappa shape index (κ2) is 6.50. The number of hydrogen-bond donors (Lipinski definition) is 2. The van der Waals surface area contributed by atoms with Crippen LogP contribution < -0.4 is 15.4 Å². The van der Waals surface area contributed by atoms with Crippen LogP contribution in [0.15, 0.2) is 24.3 Å². The minimum Gasteiger partial charge on any atom is -0.492 e. The van der Waals surface area contributed by atoms with Crippen LogP contribution in [0.4, 0.5) is 4.79 Å². The van der Waals surface area contributed by atoms with Gasteiger partial charge >= 0.3 is 6.03 Å². The molecule has 0 saturated carbocycles. The van der Waals surface area contributed by atoms with Crippen LogP contribution in [0.2, 0.25) is 5.02 Å². The fourth-order valence-corrected chi connectivity index (χ4v) is 1.38. The molecule has 0 bridgehead atoms. The first-order chi connectivity index (χ1) is 8.37. The number of rotatable bonds is 4. The lowest BCUT2D eigenvalue weighted by molar-refractivity contribution is 0.228. The summed E-state index contributed by atoms with van der Waals surface area (Å²) in [6.07, 6.45) is 0. The summed E-state index contributed by atoms with van der Waals surface area (Å²) in [5, 5.41) is 6.19. The van der Waals surface area contributed by atoms with E-state index in [9.17, 15) is 4.79 Å². The van der Waals surface area contributed by atoms with Crippen molar-refractivity contribution in [2.24, 2.45) is 0 Å². The summed E-state index contributed by atoms with van der Waals surface area (Å²) in [6.45, 7) is 6.65. The minimum absolute atomic E-state index is 0.192. The van der Waals surface area contributed by atoms with Crippen LogP contribution in [-0.4, -0.2) is 24.7 Å². The molecule has 0 radical (unpaired) electrons. The maximum absolute atomic E-state index is 11.4. The van der Waals surface area contributed by atoms with Crippen LogP contribution in [0.5, 0.6) is 5.75 Å². The zero-order valence-electron chi connectivity index (χ0n) is 10.9. The lowest BCUT2D eigenvalue weighted by atomic mass is 10.1. The Balaban J connectivity index is 2.19. The van der Waals surface area contributed by atoms with Gasteiger partial charge in [-0.05, 0) is 45.0 Å². The van der Waals surface area contributed by atoms with Crippen LogP contribution in [-0.2, 0) is 0 Å². The number of ether oxygens (including phenoxy) is 1. The minimum atomic E-state index is -0.235. The van der Waals surface area contributed by atoms with Crippen molar-refractivity contribution < 1.29 is 9.53 Å². The topological polar surface area (TPSA) is 50.4 Å². The van der Waals surface area contributed by atoms with Gasteiger partial charge in [0.1, 0.15) is 12.4 Å². The van der Waals surface area contributed by atoms with Gasteiger partial charge in [-0.3, -0.25) is 0 Å². The molecule has 2 N–H and O–H groups in total. The second-order valence-electron chi connectivity index (χ2n) is 4.93. The summed E-state index contributed by atoms with van der Waals surface area (Å²) in [5.41, 5.74) is -0.235.